The largest absolute Gasteiger partial charge is 0.416 e. The van der Waals surface area contributed by atoms with Gasteiger partial charge in [0.05, 0.1) is 29.6 Å². The summed E-state index contributed by atoms with van der Waals surface area (Å²) >= 11 is 12.1. The molecule has 1 amide bonds. The van der Waals surface area contributed by atoms with Gasteiger partial charge >= 0.3 is 6.18 Å². The summed E-state index contributed by atoms with van der Waals surface area (Å²) in [6, 6.07) is 7.80. The van der Waals surface area contributed by atoms with E-state index in [1.807, 2.05) is 0 Å². The van der Waals surface area contributed by atoms with Crippen LogP contribution >= 0.6 is 23.2 Å². The Morgan fingerprint density at radius 2 is 1.90 bits per heavy atom. The van der Waals surface area contributed by atoms with Crippen molar-refractivity contribution in [1.29, 1.82) is 0 Å². The van der Waals surface area contributed by atoms with E-state index >= 15 is 0 Å². The quantitative estimate of drug-likeness (QED) is 0.532. The summed E-state index contributed by atoms with van der Waals surface area (Å²) in [5, 5.41) is 5.33. The van der Waals surface area contributed by atoms with Gasteiger partial charge in [0.1, 0.15) is 0 Å². The van der Waals surface area contributed by atoms with Gasteiger partial charge in [0.2, 0.25) is 10.0 Å². The summed E-state index contributed by atoms with van der Waals surface area (Å²) in [6.45, 7) is 0.0389. The third-order valence-electron chi connectivity index (χ3n) is 4.12. The average Bonchev–Trinajstić information content (AvgIpc) is 2.97. The molecule has 0 saturated carbocycles. The van der Waals surface area contributed by atoms with E-state index < -0.39 is 27.7 Å². The zero-order chi connectivity index (χ0) is 23.0. The van der Waals surface area contributed by atoms with Gasteiger partial charge in [0.15, 0.2) is 0 Å². The highest BCUT2D eigenvalue weighted by atomic mass is 35.5. The molecule has 0 spiro atoms. The smallest absolute Gasteiger partial charge is 0.269 e. The summed E-state index contributed by atoms with van der Waals surface area (Å²) < 4.78 is 65.0. The maximum absolute atomic E-state index is 13.2. The first kappa shape index (κ1) is 23.1. The van der Waals surface area contributed by atoms with Gasteiger partial charge in [-0.05, 0) is 42.0 Å². The highest BCUT2D eigenvalue weighted by Crippen LogP contribution is 2.33. The van der Waals surface area contributed by atoms with Crippen molar-refractivity contribution in [3.63, 3.8) is 0 Å². The molecule has 12 heteroatoms. The Kier molecular flexibility index (Phi) is 6.35. The van der Waals surface area contributed by atoms with E-state index in [9.17, 15) is 26.4 Å². The summed E-state index contributed by atoms with van der Waals surface area (Å²) in [6.07, 6.45) is -1.60. The van der Waals surface area contributed by atoms with Crippen molar-refractivity contribution in [3.05, 3.63) is 69.3 Å². The molecule has 2 aromatic carbocycles. The fourth-order valence-electron chi connectivity index (χ4n) is 2.80. The molecule has 0 unspecified atom stereocenters. The molecule has 1 aromatic heterocycles. The molecule has 164 valence electrons. The lowest BCUT2D eigenvalue weighted by Crippen LogP contribution is -2.27. The Balaban J connectivity index is 2.08. The Morgan fingerprint density at radius 1 is 1.19 bits per heavy atom. The summed E-state index contributed by atoms with van der Waals surface area (Å²) in [4.78, 5) is 11.7. The normalized spacial score (nSPS) is 12.6. The van der Waals surface area contributed by atoms with Crippen molar-refractivity contribution in [2.75, 3.05) is 6.26 Å². The summed E-state index contributed by atoms with van der Waals surface area (Å²) in [5.41, 5.74) is 0.0356. The van der Waals surface area contributed by atoms with Crippen LogP contribution in [0, 0.1) is 0 Å². The van der Waals surface area contributed by atoms with E-state index in [2.05, 4.69) is 5.10 Å². The molecule has 0 radical (unpaired) electrons. The number of carbonyl (C=O) groups is 1. The van der Waals surface area contributed by atoms with Crippen LogP contribution in [0.2, 0.25) is 10.0 Å². The number of carbonyl (C=O) groups excluding carboxylic acids is 1. The van der Waals surface area contributed by atoms with Crippen LogP contribution in [-0.4, -0.2) is 30.4 Å². The molecule has 3 aromatic rings. The van der Waals surface area contributed by atoms with Crippen LogP contribution in [0.25, 0.3) is 17.0 Å². The predicted molar refractivity (Wildman–Crippen MR) is 112 cm³/mol. The minimum atomic E-state index is -4.56. The van der Waals surface area contributed by atoms with Gasteiger partial charge in [0.25, 0.3) is 5.91 Å². The number of alkyl halides is 3. The fraction of sp³-hybridized carbons (Fsp3) is 0.158. The lowest BCUT2D eigenvalue weighted by molar-refractivity contribution is -0.137. The van der Waals surface area contributed by atoms with E-state index in [4.69, 9.17) is 23.2 Å². The summed E-state index contributed by atoms with van der Waals surface area (Å²) in [7, 11) is -3.76. The maximum Gasteiger partial charge on any atom is 0.416 e. The number of amides is 1. The van der Waals surface area contributed by atoms with E-state index in [-0.39, 0.29) is 17.8 Å². The summed E-state index contributed by atoms with van der Waals surface area (Å²) in [5.74, 6) is -0.919. The van der Waals surface area contributed by atoms with E-state index in [0.717, 1.165) is 24.5 Å². The highest BCUT2D eigenvalue weighted by Gasteiger charge is 2.31. The number of fused-ring (bicyclic) bond motifs is 1. The number of benzene rings is 2. The maximum atomic E-state index is 13.2. The zero-order valence-electron chi connectivity index (χ0n) is 15.7. The molecule has 3 rings (SSSR count). The fourth-order valence-corrected chi connectivity index (χ4v) is 3.70. The van der Waals surface area contributed by atoms with Crippen molar-refractivity contribution >= 4 is 56.1 Å². The molecule has 0 bridgehead atoms. The molecular weight excluding hydrogens is 478 g/mol. The van der Waals surface area contributed by atoms with E-state index in [1.54, 1.807) is 16.9 Å². The van der Waals surface area contributed by atoms with Crippen LogP contribution in [0.1, 0.15) is 16.8 Å². The van der Waals surface area contributed by atoms with Gasteiger partial charge in [-0.1, -0.05) is 29.3 Å². The molecule has 0 aliphatic heterocycles. The zero-order valence-corrected chi connectivity index (χ0v) is 18.1. The Labute approximate surface area is 185 Å². The minimum absolute atomic E-state index is 0.0389. The van der Waals surface area contributed by atoms with Crippen molar-refractivity contribution < 1.29 is 26.4 Å². The number of hydrogen-bond acceptors (Lipinski definition) is 4. The molecule has 0 aliphatic carbocycles. The van der Waals surface area contributed by atoms with Crippen molar-refractivity contribution in [2.45, 2.75) is 12.7 Å². The van der Waals surface area contributed by atoms with Gasteiger partial charge in [0, 0.05) is 21.5 Å². The van der Waals surface area contributed by atoms with Crippen LogP contribution in [0.15, 0.2) is 42.5 Å². The monoisotopic (exact) mass is 491 g/mol. The van der Waals surface area contributed by atoms with Crippen molar-refractivity contribution in [2.24, 2.45) is 0 Å². The Morgan fingerprint density at radius 3 is 2.52 bits per heavy atom. The average molecular weight is 492 g/mol. The minimum Gasteiger partial charge on any atom is -0.269 e. The molecule has 1 heterocycles. The topological polar surface area (TPSA) is 81.1 Å². The molecule has 0 saturated heterocycles. The first-order valence-corrected chi connectivity index (χ1v) is 11.2. The second kappa shape index (κ2) is 8.52. The molecular formula is C19H14Cl2F3N3O3S. The SMILES string of the molecule is CS(=O)(=O)NC(=O)C=Cc1nn(Cc2ccc(Cl)cc2Cl)c2cc(C(F)(F)F)ccc12. The van der Waals surface area contributed by atoms with E-state index in [1.165, 1.54) is 22.9 Å². The lowest BCUT2D eigenvalue weighted by Gasteiger charge is -2.09. The molecule has 0 fully saturated rings. The van der Waals surface area contributed by atoms with Crippen LogP contribution in [0.5, 0.6) is 0 Å². The standard InChI is InChI=1S/C19H14Cl2F3N3O3S/c1-31(29,30)26-18(28)7-6-16-14-5-3-12(19(22,23)24)8-17(14)27(25-16)10-11-2-4-13(20)9-15(11)21/h2-9H,10H2,1H3,(H,26,28). The van der Waals surface area contributed by atoms with Crippen LogP contribution in [-0.2, 0) is 27.5 Å². The molecule has 0 aliphatic rings. The van der Waals surface area contributed by atoms with Crippen LogP contribution in [0.3, 0.4) is 0 Å². The number of sulfonamides is 1. The van der Waals surface area contributed by atoms with Gasteiger partial charge < -0.3 is 0 Å². The first-order chi connectivity index (χ1) is 14.3. The van der Waals surface area contributed by atoms with Gasteiger partial charge in [-0.25, -0.2) is 13.1 Å². The number of nitrogens with one attached hydrogen (secondary N) is 1. The number of nitrogens with zero attached hydrogens (tertiary/aromatic N) is 2. The number of aromatic nitrogens is 2. The number of hydrogen-bond donors (Lipinski definition) is 1. The number of halogens is 5. The van der Waals surface area contributed by atoms with Crippen molar-refractivity contribution in [1.82, 2.24) is 14.5 Å². The second-order valence-electron chi connectivity index (χ2n) is 6.58. The lowest BCUT2D eigenvalue weighted by atomic mass is 10.1. The Hall–Kier alpha value is -2.56. The third kappa shape index (κ3) is 5.78. The number of rotatable bonds is 5. The van der Waals surface area contributed by atoms with Crippen LogP contribution in [0.4, 0.5) is 13.2 Å². The van der Waals surface area contributed by atoms with E-state index in [0.29, 0.717) is 21.0 Å². The van der Waals surface area contributed by atoms with Gasteiger partial charge in [-0.2, -0.15) is 18.3 Å². The molecule has 6 nitrogen and oxygen atoms in total. The molecule has 0 atom stereocenters. The second-order valence-corrected chi connectivity index (χ2v) is 9.17. The highest BCUT2D eigenvalue weighted by molar-refractivity contribution is 7.89. The van der Waals surface area contributed by atoms with Gasteiger partial charge in [-0.15, -0.1) is 0 Å². The van der Waals surface area contributed by atoms with Crippen molar-refractivity contribution in [3.8, 4) is 0 Å². The first-order valence-electron chi connectivity index (χ1n) is 8.55. The van der Waals surface area contributed by atoms with Crippen LogP contribution < -0.4 is 4.72 Å². The van der Waals surface area contributed by atoms with Gasteiger partial charge in [-0.3, -0.25) is 9.48 Å². The molecule has 31 heavy (non-hydrogen) atoms. The molecule has 1 N–H and O–H groups in total. The third-order valence-corrected chi connectivity index (χ3v) is 5.28. The Bertz CT molecular complexity index is 1300. The predicted octanol–water partition coefficient (Wildman–Crippen LogP) is 4.50.